The summed E-state index contributed by atoms with van der Waals surface area (Å²) in [7, 11) is 1.66. The molecule has 0 saturated carbocycles. The van der Waals surface area contributed by atoms with Crippen LogP contribution in [0, 0.1) is 5.41 Å². The largest absolute Gasteiger partial charge is 0.491 e. The fourth-order valence-corrected chi connectivity index (χ4v) is 4.94. The van der Waals surface area contributed by atoms with Crippen LogP contribution in [-0.2, 0) is 4.79 Å². The van der Waals surface area contributed by atoms with Crippen molar-refractivity contribution in [2.24, 2.45) is 5.41 Å². The van der Waals surface area contributed by atoms with E-state index in [9.17, 15) is 14.4 Å². The molecule has 2 aromatic rings. The zero-order chi connectivity index (χ0) is 24.8. The van der Waals surface area contributed by atoms with Crippen LogP contribution in [-0.4, -0.2) is 77.3 Å². The van der Waals surface area contributed by atoms with E-state index in [1.807, 2.05) is 6.07 Å². The number of benzene rings is 1. The fraction of sp³-hybridized carbons (Fsp3) is 0.480. The average molecular weight is 481 g/mol. The first-order valence-electron chi connectivity index (χ1n) is 12.0. The molecule has 0 aliphatic carbocycles. The van der Waals surface area contributed by atoms with Crippen molar-refractivity contribution >= 4 is 23.5 Å². The third-order valence-corrected chi connectivity index (χ3v) is 7.00. The van der Waals surface area contributed by atoms with Gasteiger partial charge in [-0.15, -0.1) is 0 Å². The second kappa shape index (κ2) is 10.7. The van der Waals surface area contributed by atoms with Gasteiger partial charge in [0.2, 0.25) is 5.91 Å². The lowest BCUT2D eigenvalue weighted by molar-refractivity contribution is -0.133. The monoisotopic (exact) mass is 480 g/mol. The molecule has 10 nitrogen and oxygen atoms in total. The molecular formula is C25H32N6O4. The molecule has 4 heterocycles. The zero-order valence-corrected chi connectivity index (χ0v) is 20.0. The maximum absolute atomic E-state index is 13.3. The average Bonchev–Trinajstić information content (AvgIpc) is 2.90. The first kappa shape index (κ1) is 24.4. The standard InChI is InChI=1S/C25H32N6O4/c1-27-24(34)25-8-4-5-13-30(23(33)20-21(26)29-12-11-28-20)16-17-35-19-7-3-2-6-18(19)22(32)31(14-9-25)15-10-25/h2-3,6-7,11-12H,4-5,8-10,13-17H2,1H3,(H2,26,29)(H,27,34). The third kappa shape index (κ3) is 5.21. The SMILES string of the molecule is CNC(=O)C12CCCCN(C(=O)c3nccnc3N)CCOc3ccccc3C(=O)N(CC1)CC2. The van der Waals surface area contributed by atoms with Crippen LogP contribution in [0.25, 0.3) is 0 Å². The molecule has 1 aromatic carbocycles. The molecule has 0 spiro atoms. The smallest absolute Gasteiger partial charge is 0.276 e. The van der Waals surface area contributed by atoms with E-state index < -0.39 is 5.41 Å². The van der Waals surface area contributed by atoms with Crippen molar-refractivity contribution in [3.8, 4) is 5.75 Å². The Kier molecular flexibility index (Phi) is 7.48. The summed E-state index contributed by atoms with van der Waals surface area (Å²) in [6, 6.07) is 7.13. The van der Waals surface area contributed by atoms with Gasteiger partial charge in [-0.3, -0.25) is 14.4 Å². The number of rotatable bonds is 2. The van der Waals surface area contributed by atoms with Gasteiger partial charge in [0.15, 0.2) is 11.5 Å². The number of amides is 3. The van der Waals surface area contributed by atoms with Crippen molar-refractivity contribution in [2.75, 3.05) is 45.6 Å². The number of piperidine rings is 1. The van der Waals surface area contributed by atoms with Gasteiger partial charge >= 0.3 is 0 Å². The maximum Gasteiger partial charge on any atom is 0.276 e. The summed E-state index contributed by atoms with van der Waals surface area (Å²) in [4.78, 5) is 51.0. The van der Waals surface area contributed by atoms with Crippen LogP contribution in [0.4, 0.5) is 5.82 Å². The van der Waals surface area contributed by atoms with E-state index in [1.165, 1.54) is 12.4 Å². The van der Waals surface area contributed by atoms with Crippen molar-refractivity contribution in [1.82, 2.24) is 25.1 Å². The number of nitrogens with zero attached hydrogens (tertiary/aromatic N) is 4. The minimum atomic E-state index is -0.522. The van der Waals surface area contributed by atoms with E-state index in [-0.39, 0.29) is 35.8 Å². The summed E-state index contributed by atoms with van der Waals surface area (Å²) in [5.41, 5.74) is 5.96. The highest BCUT2D eigenvalue weighted by Crippen LogP contribution is 2.38. The van der Waals surface area contributed by atoms with Gasteiger partial charge in [-0.2, -0.15) is 0 Å². The van der Waals surface area contributed by atoms with Crippen LogP contribution < -0.4 is 15.8 Å². The molecule has 1 saturated heterocycles. The van der Waals surface area contributed by atoms with E-state index in [0.717, 1.165) is 6.42 Å². The normalized spacial score (nSPS) is 18.6. The molecule has 3 aliphatic heterocycles. The van der Waals surface area contributed by atoms with E-state index in [4.69, 9.17) is 10.5 Å². The van der Waals surface area contributed by atoms with Gasteiger partial charge in [0.1, 0.15) is 12.4 Å². The summed E-state index contributed by atoms with van der Waals surface area (Å²) < 4.78 is 5.99. The molecule has 0 atom stereocenters. The second-order valence-corrected chi connectivity index (χ2v) is 9.04. The Morgan fingerprint density at radius 1 is 1.03 bits per heavy atom. The summed E-state index contributed by atoms with van der Waals surface area (Å²) in [5, 5.41) is 2.82. The lowest BCUT2D eigenvalue weighted by atomic mass is 9.73. The van der Waals surface area contributed by atoms with E-state index in [0.29, 0.717) is 63.2 Å². The molecule has 10 heteroatoms. The second-order valence-electron chi connectivity index (χ2n) is 9.04. The Morgan fingerprint density at radius 2 is 1.77 bits per heavy atom. The summed E-state index contributed by atoms with van der Waals surface area (Å²) in [6.07, 6.45) is 6.25. The summed E-state index contributed by atoms with van der Waals surface area (Å²) in [5.74, 6) is 0.136. The van der Waals surface area contributed by atoms with Crippen LogP contribution in [0.1, 0.15) is 53.0 Å². The Morgan fingerprint density at radius 3 is 2.51 bits per heavy atom. The molecule has 5 rings (SSSR count). The third-order valence-electron chi connectivity index (χ3n) is 7.00. The van der Waals surface area contributed by atoms with Crippen LogP contribution in [0.2, 0.25) is 0 Å². The van der Waals surface area contributed by atoms with Gasteiger partial charge in [-0.25, -0.2) is 9.97 Å². The van der Waals surface area contributed by atoms with Crippen molar-refractivity contribution < 1.29 is 19.1 Å². The Hall–Kier alpha value is -3.69. The molecule has 1 aromatic heterocycles. The molecule has 0 unspecified atom stereocenters. The number of hydrogen-bond acceptors (Lipinski definition) is 7. The van der Waals surface area contributed by atoms with E-state index in [1.54, 1.807) is 35.0 Å². The minimum Gasteiger partial charge on any atom is -0.491 e. The van der Waals surface area contributed by atoms with Gasteiger partial charge in [-0.05, 0) is 37.8 Å². The number of aromatic nitrogens is 2. The quantitative estimate of drug-likeness (QED) is 0.669. The van der Waals surface area contributed by atoms with Crippen LogP contribution in [0.15, 0.2) is 36.7 Å². The number of anilines is 1. The van der Waals surface area contributed by atoms with E-state index in [2.05, 4.69) is 15.3 Å². The number of fused-ring (bicyclic) bond motifs is 9. The Bertz CT molecular complexity index is 1080. The van der Waals surface area contributed by atoms with Gasteiger partial charge in [0, 0.05) is 39.1 Å². The molecule has 3 N–H and O–H groups in total. The zero-order valence-electron chi connectivity index (χ0n) is 20.0. The molecule has 3 amide bonds. The van der Waals surface area contributed by atoms with Gasteiger partial charge in [0.05, 0.1) is 17.5 Å². The first-order chi connectivity index (χ1) is 16.9. The predicted molar refractivity (Wildman–Crippen MR) is 130 cm³/mol. The number of nitrogens with one attached hydrogen (secondary N) is 1. The molecular weight excluding hydrogens is 448 g/mol. The number of para-hydroxylation sites is 1. The van der Waals surface area contributed by atoms with Crippen molar-refractivity contribution in [3.63, 3.8) is 0 Å². The highest BCUT2D eigenvalue weighted by Gasteiger charge is 2.41. The molecule has 3 aliphatic rings. The van der Waals surface area contributed by atoms with Gasteiger partial charge in [0.25, 0.3) is 11.8 Å². The van der Waals surface area contributed by atoms with Gasteiger partial charge < -0.3 is 25.6 Å². The number of carbonyl (C=O) groups is 3. The lowest BCUT2D eigenvalue weighted by Gasteiger charge is -2.40. The molecule has 35 heavy (non-hydrogen) atoms. The summed E-state index contributed by atoms with van der Waals surface area (Å²) >= 11 is 0. The molecule has 1 fully saturated rings. The Balaban J connectivity index is 1.61. The summed E-state index contributed by atoms with van der Waals surface area (Å²) in [6.45, 7) is 1.99. The minimum absolute atomic E-state index is 0.0120. The van der Waals surface area contributed by atoms with Crippen molar-refractivity contribution in [3.05, 3.63) is 47.9 Å². The highest BCUT2D eigenvalue weighted by molar-refractivity contribution is 5.97. The molecule has 0 radical (unpaired) electrons. The number of carbonyl (C=O) groups excluding carboxylic acids is 3. The van der Waals surface area contributed by atoms with Crippen molar-refractivity contribution in [1.29, 1.82) is 0 Å². The van der Waals surface area contributed by atoms with Crippen molar-refractivity contribution in [2.45, 2.75) is 32.1 Å². The first-order valence-corrected chi connectivity index (χ1v) is 12.0. The predicted octanol–water partition coefficient (Wildman–Crippen LogP) is 1.73. The number of nitrogens with two attached hydrogens (primary N) is 1. The van der Waals surface area contributed by atoms with Crippen LogP contribution in [0.5, 0.6) is 5.75 Å². The number of hydrogen-bond donors (Lipinski definition) is 2. The van der Waals surface area contributed by atoms with E-state index >= 15 is 0 Å². The lowest BCUT2D eigenvalue weighted by Crippen LogP contribution is -2.49. The molecule has 2 bridgehead atoms. The maximum atomic E-state index is 13.3. The topological polar surface area (TPSA) is 131 Å². The Labute approximate surface area is 204 Å². The molecule has 186 valence electrons. The highest BCUT2D eigenvalue weighted by atomic mass is 16.5. The number of nitrogen functional groups attached to an aromatic ring is 1. The number of ether oxygens (including phenoxy) is 1. The van der Waals surface area contributed by atoms with Gasteiger partial charge in [-0.1, -0.05) is 18.6 Å². The fourth-order valence-electron chi connectivity index (χ4n) is 4.94. The van der Waals surface area contributed by atoms with Crippen LogP contribution in [0.3, 0.4) is 0 Å². The van der Waals surface area contributed by atoms with Crippen LogP contribution >= 0.6 is 0 Å².